The summed E-state index contributed by atoms with van der Waals surface area (Å²) in [4.78, 5) is 12.4. The average molecular weight is 359 g/mol. The van der Waals surface area contributed by atoms with Gasteiger partial charge in [-0.1, -0.05) is 23.7 Å². The van der Waals surface area contributed by atoms with Crippen molar-refractivity contribution in [1.82, 2.24) is 10.6 Å². The number of nitrogens with one attached hydrogen (secondary N) is 2. The number of carbonyl (C=O) groups excluding carboxylic acids is 1. The Hall–Kier alpha value is -0.810. The second-order valence-corrected chi connectivity index (χ2v) is 6.83. The SMILES string of the molecule is COC(CNC(=O)C1CC12CCNCC2)c1cccc(Cl)c1.Cl. The molecule has 0 aromatic heterocycles. The second kappa shape index (κ2) is 7.84. The Morgan fingerprint density at radius 3 is 2.87 bits per heavy atom. The summed E-state index contributed by atoms with van der Waals surface area (Å²) in [6, 6.07) is 7.59. The molecule has 2 N–H and O–H groups in total. The van der Waals surface area contributed by atoms with E-state index in [1.54, 1.807) is 7.11 Å². The number of methoxy groups -OCH3 is 1. The van der Waals surface area contributed by atoms with E-state index in [-0.39, 0.29) is 35.8 Å². The van der Waals surface area contributed by atoms with Crippen LogP contribution in [0.5, 0.6) is 0 Å². The van der Waals surface area contributed by atoms with Crippen LogP contribution in [0.25, 0.3) is 0 Å². The Bertz CT molecular complexity index is 547. The zero-order valence-corrected chi connectivity index (χ0v) is 14.9. The third kappa shape index (κ3) is 4.18. The van der Waals surface area contributed by atoms with Crippen LogP contribution in [-0.2, 0) is 9.53 Å². The number of rotatable bonds is 5. The van der Waals surface area contributed by atoms with Crippen molar-refractivity contribution >= 4 is 29.9 Å². The fourth-order valence-electron chi connectivity index (χ4n) is 3.56. The van der Waals surface area contributed by atoms with E-state index in [4.69, 9.17) is 16.3 Å². The molecule has 1 spiro atoms. The van der Waals surface area contributed by atoms with E-state index in [9.17, 15) is 4.79 Å². The summed E-state index contributed by atoms with van der Waals surface area (Å²) in [6.45, 7) is 2.56. The molecule has 2 fully saturated rings. The molecule has 1 aliphatic carbocycles. The second-order valence-electron chi connectivity index (χ2n) is 6.39. The Morgan fingerprint density at radius 2 is 2.22 bits per heavy atom. The molecule has 128 valence electrons. The van der Waals surface area contributed by atoms with Crippen LogP contribution in [-0.4, -0.2) is 32.7 Å². The van der Waals surface area contributed by atoms with Gasteiger partial charge in [0, 0.05) is 24.6 Å². The maximum Gasteiger partial charge on any atom is 0.223 e. The van der Waals surface area contributed by atoms with Crippen molar-refractivity contribution < 1.29 is 9.53 Å². The maximum atomic E-state index is 12.4. The molecule has 4 nitrogen and oxygen atoms in total. The zero-order chi connectivity index (χ0) is 15.6. The normalized spacial score (nSPS) is 23.0. The van der Waals surface area contributed by atoms with Crippen molar-refractivity contribution in [1.29, 1.82) is 0 Å². The molecule has 2 unspecified atom stereocenters. The number of carbonyl (C=O) groups is 1. The fourth-order valence-corrected chi connectivity index (χ4v) is 3.75. The number of amides is 1. The van der Waals surface area contributed by atoms with E-state index in [1.165, 1.54) is 0 Å². The van der Waals surface area contributed by atoms with Crippen LogP contribution in [0.15, 0.2) is 24.3 Å². The third-order valence-corrected chi connectivity index (χ3v) is 5.31. The van der Waals surface area contributed by atoms with Gasteiger partial charge in [-0.3, -0.25) is 4.79 Å². The van der Waals surface area contributed by atoms with Gasteiger partial charge in [0.15, 0.2) is 0 Å². The summed E-state index contributed by atoms with van der Waals surface area (Å²) < 4.78 is 5.50. The van der Waals surface area contributed by atoms with Gasteiger partial charge in [0.05, 0.1) is 6.10 Å². The summed E-state index contributed by atoms with van der Waals surface area (Å²) in [5.41, 5.74) is 1.26. The number of ether oxygens (including phenoxy) is 1. The van der Waals surface area contributed by atoms with E-state index >= 15 is 0 Å². The molecular weight excluding hydrogens is 335 g/mol. The molecule has 23 heavy (non-hydrogen) atoms. The molecule has 3 rings (SSSR count). The molecule has 2 atom stereocenters. The first kappa shape index (κ1) is 18.5. The number of hydrogen-bond donors (Lipinski definition) is 2. The van der Waals surface area contributed by atoms with Crippen LogP contribution in [0.4, 0.5) is 0 Å². The molecule has 1 saturated carbocycles. The predicted molar refractivity (Wildman–Crippen MR) is 94.1 cm³/mol. The van der Waals surface area contributed by atoms with Crippen molar-refractivity contribution in [3.8, 4) is 0 Å². The van der Waals surface area contributed by atoms with Crippen molar-refractivity contribution in [2.24, 2.45) is 11.3 Å². The molecule has 1 heterocycles. The number of hydrogen-bond acceptors (Lipinski definition) is 3. The van der Waals surface area contributed by atoms with Crippen LogP contribution < -0.4 is 10.6 Å². The highest BCUT2D eigenvalue weighted by molar-refractivity contribution is 6.30. The van der Waals surface area contributed by atoms with Crippen LogP contribution in [0, 0.1) is 11.3 Å². The van der Waals surface area contributed by atoms with Gasteiger partial charge in [-0.25, -0.2) is 0 Å². The standard InChI is InChI=1S/C17H23ClN2O2.ClH/c1-22-15(12-3-2-4-13(18)9-12)11-20-16(21)14-10-17(14)5-7-19-8-6-17;/h2-4,9,14-15,19H,5-8,10-11H2,1H3,(H,20,21);1H. The smallest absolute Gasteiger partial charge is 0.223 e. The fraction of sp³-hybridized carbons (Fsp3) is 0.588. The van der Waals surface area contributed by atoms with Gasteiger partial charge >= 0.3 is 0 Å². The first-order valence-corrected chi connectivity index (χ1v) is 8.29. The topological polar surface area (TPSA) is 50.4 Å². The average Bonchev–Trinajstić information content (AvgIpc) is 3.22. The van der Waals surface area contributed by atoms with E-state index < -0.39 is 0 Å². The summed E-state index contributed by atoms with van der Waals surface area (Å²) in [7, 11) is 1.66. The van der Waals surface area contributed by atoms with Crippen LogP contribution >= 0.6 is 24.0 Å². The van der Waals surface area contributed by atoms with Gasteiger partial charge in [-0.05, 0) is 55.5 Å². The first-order chi connectivity index (χ1) is 10.6. The molecule has 1 saturated heterocycles. The minimum absolute atomic E-state index is 0. The Morgan fingerprint density at radius 1 is 1.48 bits per heavy atom. The maximum absolute atomic E-state index is 12.4. The van der Waals surface area contributed by atoms with Gasteiger partial charge in [0.1, 0.15) is 0 Å². The molecule has 1 aromatic carbocycles. The molecule has 0 radical (unpaired) electrons. The Kier molecular flexibility index (Phi) is 6.32. The molecule has 1 amide bonds. The van der Waals surface area contributed by atoms with Gasteiger partial charge in [0.2, 0.25) is 5.91 Å². The highest BCUT2D eigenvalue weighted by atomic mass is 35.5. The summed E-state index contributed by atoms with van der Waals surface area (Å²) in [6.07, 6.45) is 3.11. The minimum Gasteiger partial charge on any atom is -0.375 e. The molecule has 1 aromatic rings. The van der Waals surface area contributed by atoms with Gasteiger partial charge in [-0.15, -0.1) is 12.4 Å². The Balaban J connectivity index is 0.00000192. The van der Waals surface area contributed by atoms with E-state index in [0.29, 0.717) is 11.6 Å². The predicted octanol–water partition coefficient (Wildman–Crippen LogP) is 2.96. The third-order valence-electron chi connectivity index (χ3n) is 5.07. The molecule has 1 aliphatic heterocycles. The van der Waals surface area contributed by atoms with E-state index in [1.807, 2.05) is 24.3 Å². The highest BCUT2D eigenvalue weighted by Crippen LogP contribution is 2.58. The molecular formula is C17H24Cl2N2O2. The van der Waals surface area contributed by atoms with Crippen LogP contribution in [0.1, 0.15) is 30.9 Å². The lowest BCUT2D eigenvalue weighted by molar-refractivity contribution is -0.123. The van der Waals surface area contributed by atoms with E-state index in [0.717, 1.165) is 37.9 Å². The van der Waals surface area contributed by atoms with Gasteiger partial charge in [0.25, 0.3) is 0 Å². The minimum atomic E-state index is -0.162. The molecule has 2 aliphatic rings. The van der Waals surface area contributed by atoms with Crippen molar-refractivity contribution in [3.05, 3.63) is 34.9 Å². The first-order valence-electron chi connectivity index (χ1n) is 7.91. The van der Waals surface area contributed by atoms with Crippen LogP contribution in [0.2, 0.25) is 5.02 Å². The summed E-state index contributed by atoms with van der Waals surface area (Å²) >= 11 is 6.02. The Labute approximate surface area is 148 Å². The zero-order valence-electron chi connectivity index (χ0n) is 13.3. The quantitative estimate of drug-likeness (QED) is 0.850. The number of benzene rings is 1. The summed E-state index contributed by atoms with van der Waals surface area (Å²) in [5, 5.41) is 7.10. The lowest BCUT2D eigenvalue weighted by Gasteiger charge is -2.23. The van der Waals surface area contributed by atoms with Gasteiger partial charge < -0.3 is 15.4 Å². The largest absolute Gasteiger partial charge is 0.375 e. The number of halogens is 2. The van der Waals surface area contributed by atoms with Crippen molar-refractivity contribution in [3.63, 3.8) is 0 Å². The van der Waals surface area contributed by atoms with Crippen molar-refractivity contribution in [2.75, 3.05) is 26.7 Å². The van der Waals surface area contributed by atoms with Crippen molar-refractivity contribution in [2.45, 2.75) is 25.4 Å². The van der Waals surface area contributed by atoms with Crippen LogP contribution in [0.3, 0.4) is 0 Å². The summed E-state index contributed by atoms with van der Waals surface area (Å²) in [5.74, 6) is 0.359. The lowest BCUT2D eigenvalue weighted by Crippen LogP contribution is -2.35. The van der Waals surface area contributed by atoms with Gasteiger partial charge in [-0.2, -0.15) is 0 Å². The molecule has 0 bridgehead atoms. The van der Waals surface area contributed by atoms with E-state index in [2.05, 4.69) is 10.6 Å². The number of piperidine rings is 1. The highest BCUT2D eigenvalue weighted by Gasteiger charge is 2.57. The molecule has 6 heteroatoms. The lowest BCUT2D eigenvalue weighted by atomic mass is 9.92. The monoisotopic (exact) mass is 358 g/mol.